The Bertz CT molecular complexity index is 1030. The first-order valence-corrected chi connectivity index (χ1v) is 10.1. The second kappa shape index (κ2) is 7.84. The molecule has 0 aliphatic heterocycles. The quantitative estimate of drug-likeness (QED) is 0.621. The molecule has 0 aliphatic rings. The Morgan fingerprint density at radius 2 is 1.56 bits per heavy atom. The highest BCUT2D eigenvalue weighted by molar-refractivity contribution is 7.92. The van der Waals surface area contributed by atoms with Crippen LogP contribution in [-0.4, -0.2) is 15.5 Å². The highest BCUT2D eigenvalue weighted by Crippen LogP contribution is 2.29. The van der Waals surface area contributed by atoms with Crippen LogP contribution in [0.15, 0.2) is 77.7 Å². The van der Waals surface area contributed by atoms with Crippen LogP contribution in [0.25, 0.3) is 0 Å². The average Bonchev–Trinajstić information content (AvgIpc) is 2.66. The van der Waals surface area contributed by atoms with Gasteiger partial charge in [-0.2, -0.15) is 0 Å². The Hall–Kier alpha value is -2.79. The minimum atomic E-state index is -3.73. The van der Waals surface area contributed by atoms with Crippen molar-refractivity contribution in [1.82, 2.24) is 0 Å². The van der Waals surface area contributed by atoms with Crippen LogP contribution in [0.5, 0.6) is 5.75 Å². The van der Waals surface area contributed by atoms with Gasteiger partial charge < -0.3 is 4.74 Å². The zero-order valence-electron chi connectivity index (χ0n) is 15.7. The molecular formula is C22H23NO3S. The Balaban J connectivity index is 2.09. The van der Waals surface area contributed by atoms with Crippen molar-refractivity contribution >= 4 is 15.7 Å². The molecule has 0 radical (unpaired) electrons. The Kier molecular flexibility index (Phi) is 5.51. The molecule has 0 aromatic heterocycles. The summed E-state index contributed by atoms with van der Waals surface area (Å²) in [4.78, 5) is 0.267. The number of benzene rings is 3. The van der Waals surface area contributed by atoms with Gasteiger partial charge in [-0.3, -0.25) is 4.31 Å². The first-order valence-electron chi connectivity index (χ1n) is 8.69. The van der Waals surface area contributed by atoms with E-state index in [9.17, 15) is 8.42 Å². The van der Waals surface area contributed by atoms with Gasteiger partial charge in [0.1, 0.15) is 5.75 Å². The first-order chi connectivity index (χ1) is 12.9. The molecule has 0 fully saturated rings. The normalized spacial score (nSPS) is 11.2. The highest BCUT2D eigenvalue weighted by atomic mass is 32.2. The van der Waals surface area contributed by atoms with Gasteiger partial charge in [0.25, 0.3) is 10.0 Å². The van der Waals surface area contributed by atoms with Crippen LogP contribution in [0.2, 0.25) is 0 Å². The van der Waals surface area contributed by atoms with E-state index in [1.165, 1.54) is 4.31 Å². The van der Waals surface area contributed by atoms with Crippen LogP contribution in [-0.2, 0) is 16.6 Å². The summed E-state index contributed by atoms with van der Waals surface area (Å²) in [7, 11) is -2.16. The average molecular weight is 381 g/mol. The fraction of sp³-hybridized carbons (Fsp3) is 0.182. The zero-order chi connectivity index (χ0) is 19.4. The number of nitrogens with zero attached hydrogens (tertiary/aromatic N) is 1. The molecule has 0 atom stereocenters. The molecule has 0 unspecified atom stereocenters. The molecule has 0 amide bonds. The van der Waals surface area contributed by atoms with Crippen molar-refractivity contribution in [2.45, 2.75) is 25.3 Å². The van der Waals surface area contributed by atoms with Crippen LogP contribution in [0, 0.1) is 13.8 Å². The number of ether oxygens (including phenoxy) is 1. The number of hydrogen-bond acceptors (Lipinski definition) is 3. The van der Waals surface area contributed by atoms with E-state index >= 15 is 0 Å². The van der Waals surface area contributed by atoms with Crippen molar-refractivity contribution in [2.75, 3.05) is 11.4 Å². The molecular weight excluding hydrogens is 358 g/mol. The van der Waals surface area contributed by atoms with E-state index in [4.69, 9.17) is 4.74 Å². The SMILES string of the molecule is COc1cccc(N(Cc2cccc(C)c2)S(=O)(=O)c2ccc(C)cc2)c1. The second-order valence-corrected chi connectivity index (χ2v) is 8.38. The number of sulfonamides is 1. The van der Waals surface area contributed by atoms with Crippen molar-refractivity contribution in [3.8, 4) is 5.75 Å². The van der Waals surface area contributed by atoms with Gasteiger partial charge in [0, 0.05) is 6.07 Å². The summed E-state index contributed by atoms with van der Waals surface area (Å²) in [5.74, 6) is 0.612. The molecule has 0 saturated carbocycles. The first kappa shape index (κ1) is 19.0. The maximum atomic E-state index is 13.4. The van der Waals surface area contributed by atoms with Crippen molar-refractivity contribution in [2.24, 2.45) is 0 Å². The van der Waals surface area contributed by atoms with Crippen molar-refractivity contribution in [1.29, 1.82) is 0 Å². The number of aryl methyl sites for hydroxylation is 2. The molecule has 140 valence electrons. The Morgan fingerprint density at radius 1 is 0.852 bits per heavy atom. The van der Waals surface area contributed by atoms with Gasteiger partial charge in [-0.15, -0.1) is 0 Å². The summed E-state index contributed by atoms with van der Waals surface area (Å²) in [6.07, 6.45) is 0. The lowest BCUT2D eigenvalue weighted by molar-refractivity contribution is 0.415. The molecule has 3 aromatic carbocycles. The van der Waals surface area contributed by atoms with Gasteiger partial charge in [-0.25, -0.2) is 8.42 Å². The van der Waals surface area contributed by atoms with E-state index in [0.717, 1.165) is 16.7 Å². The summed E-state index contributed by atoms with van der Waals surface area (Å²) in [6.45, 7) is 4.17. The predicted octanol–water partition coefficient (Wildman–Crippen LogP) is 4.71. The molecule has 27 heavy (non-hydrogen) atoms. The molecule has 5 heteroatoms. The number of methoxy groups -OCH3 is 1. The lowest BCUT2D eigenvalue weighted by atomic mass is 10.1. The predicted molar refractivity (Wildman–Crippen MR) is 109 cm³/mol. The monoisotopic (exact) mass is 381 g/mol. The van der Waals surface area contributed by atoms with Gasteiger partial charge in [0.15, 0.2) is 0 Å². The number of hydrogen-bond donors (Lipinski definition) is 0. The van der Waals surface area contributed by atoms with Crippen molar-refractivity contribution in [3.05, 3.63) is 89.5 Å². The van der Waals surface area contributed by atoms with Gasteiger partial charge in [0.05, 0.1) is 24.2 Å². The van der Waals surface area contributed by atoms with E-state index in [1.807, 2.05) is 50.2 Å². The van der Waals surface area contributed by atoms with E-state index in [0.29, 0.717) is 11.4 Å². The largest absolute Gasteiger partial charge is 0.497 e. The third kappa shape index (κ3) is 4.31. The van der Waals surface area contributed by atoms with Gasteiger partial charge in [-0.1, -0.05) is 53.6 Å². The minimum Gasteiger partial charge on any atom is -0.497 e. The Labute approximate surface area is 161 Å². The number of anilines is 1. The smallest absolute Gasteiger partial charge is 0.264 e. The van der Waals surface area contributed by atoms with Gasteiger partial charge >= 0.3 is 0 Å². The molecule has 0 aliphatic carbocycles. The standard InChI is InChI=1S/C22H23NO3S/c1-17-10-12-22(13-11-17)27(24,25)23(16-19-7-4-6-18(2)14-19)20-8-5-9-21(15-20)26-3/h4-15H,16H2,1-3H3. The van der Waals surface area contributed by atoms with E-state index in [1.54, 1.807) is 43.5 Å². The lowest BCUT2D eigenvalue weighted by Crippen LogP contribution is -2.30. The fourth-order valence-corrected chi connectivity index (χ4v) is 4.34. The molecule has 0 spiro atoms. The third-order valence-corrected chi connectivity index (χ3v) is 6.15. The molecule has 0 N–H and O–H groups in total. The lowest BCUT2D eigenvalue weighted by Gasteiger charge is -2.25. The van der Waals surface area contributed by atoms with Crippen LogP contribution >= 0.6 is 0 Å². The van der Waals surface area contributed by atoms with Crippen LogP contribution in [0.1, 0.15) is 16.7 Å². The minimum absolute atomic E-state index is 0.241. The van der Waals surface area contributed by atoms with Crippen LogP contribution in [0.3, 0.4) is 0 Å². The summed E-state index contributed by atoms with van der Waals surface area (Å²) in [5.41, 5.74) is 3.59. The molecule has 3 rings (SSSR count). The van der Waals surface area contributed by atoms with E-state index in [2.05, 4.69) is 0 Å². The maximum absolute atomic E-state index is 13.4. The molecule has 0 heterocycles. The third-order valence-electron chi connectivity index (χ3n) is 4.36. The molecule has 0 bridgehead atoms. The van der Waals surface area contributed by atoms with Gasteiger partial charge in [0.2, 0.25) is 0 Å². The second-order valence-electron chi connectivity index (χ2n) is 6.52. The maximum Gasteiger partial charge on any atom is 0.264 e. The topological polar surface area (TPSA) is 46.6 Å². The van der Waals surface area contributed by atoms with E-state index < -0.39 is 10.0 Å². The molecule has 3 aromatic rings. The summed E-state index contributed by atoms with van der Waals surface area (Å²) in [5, 5.41) is 0. The van der Waals surface area contributed by atoms with E-state index in [-0.39, 0.29) is 11.4 Å². The highest BCUT2D eigenvalue weighted by Gasteiger charge is 2.25. The van der Waals surface area contributed by atoms with Crippen LogP contribution in [0.4, 0.5) is 5.69 Å². The summed E-state index contributed by atoms with van der Waals surface area (Å²) in [6, 6.07) is 21.9. The van der Waals surface area contributed by atoms with Crippen LogP contribution < -0.4 is 9.04 Å². The van der Waals surface area contributed by atoms with Gasteiger partial charge in [-0.05, 0) is 43.7 Å². The zero-order valence-corrected chi connectivity index (χ0v) is 16.5. The molecule has 4 nitrogen and oxygen atoms in total. The van der Waals surface area contributed by atoms with Crippen molar-refractivity contribution in [3.63, 3.8) is 0 Å². The Morgan fingerprint density at radius 3 is 2.22 bits per heavy atom. The molecule has 0 saturated heterocycles. The number of rotatable bonds is 6. The summed E-state index contributed by atoms with van der Waals surface area (Å²) >= 11 is 0. The van der Waals surface area contributed by atoms with Crippen molar-refractivity contribution < 1.29 is 13.2 Å². The fourth-order valence-electron chi connectivity index (χ4n) is 2.89. The summed E-state index contributed by atoms with van der Waals surface area (Å²) < 4.78 is 33.5.